The first-order valence-corrected chi connectivity index (χ1v) is 6.62. The molecule has 0 saturated carbocycles. The minimum absolute atomic E-state index is 0.0329. The number of rotatable bonds is 3. The highest BCUT2D eigenvalue weighted by atomic mass is 35.5. The number of aliphatic hydroxyl groups excluding tert-OH is 1. The van der Waals surface area contributed by atoms with Gasteiger partial charge >= 0.3 is 0 Å². The summed E-state index contributed by atoms with van der Waals surface area (Å²) in [4.78, 5) is 12.0. The molecule has 1 aliphatic heterocycles. The van der Waals surface area contributed by atoms with Crippen molar-refractivity contribution in [2.45, 2.75) is 12.6 Å². The molecule has 3 N–H and O–H groups in total. The first-order chi connectivity index (χ1) is 9.67. The molecule has 2 aromatic rings. The van der Waals surface area contributed by atoms with Crippen molar-refractivity contribution in [2.75, 3.05) is 10.6 Å². The maximum absolute atomic E-state index is 12.0. The highest BCUT2D eigenvalue weighted by Gasteiger charge is 2.30. The van der Waals surface area contributed by atoms with Gasteiger partial charge in [-0.3, -0.25) is 4.79 Å². The van der Waals surface area contributed by atoms with Crippen LogP contribution in [0, 0.1) is 0 Å². The molecule has 0 bridgehead atoms. The van der Waals surface area contributed by atoms with E-state index in [1.54, 1.807) is 18.2 Å². The van der Waals surface area contributed by atoms with E-state index >= 15 is 0 Å². The van der Waals surface area contributed by atoms with E-state index in [0.29, 0.717) is 5.02 Å². The van der Waals surface area contributed by atoms with E-state index < -0.39 is 6.04 Å². The highest BCUT2D eigenvalue weighted by Crippen LogP contribution is 2.35. The molecule has 102 valence electrons. The number of hydrogen-bond acceptors (Lipinski definition) is 3. The summed E-state index contributed by atoms with van der Waals surface area (Å²) in [6.45, 7) is -0.0329. The van der Waals surface area contributed by atoms with Crippen molar-refractivity contribution in [3.63, 3.8) is 0 Å². The number of carbonyl (C=O) groups is 1. The Balaban J connectivity index is 1.91. The lowest BCUT2D eigenvalue weighted by atomic mass is 10.1. The molecule has 0 aromatic heterocycles. The predicted molar refractivity (Wildman–Crippen MR) is 78.8 cm³/mol. The Hall–Kier alpha value is -2.04. The van der Waals surface area contributed by atoms with E-state index in [-0.39, 0.29) is 12.5 Å². The number of carbonyl (C=O) groups excluding carboxylic acids is 1. The summed E-state index contributed by atoms with van der Waals surface area (Å²) < 4.78 is 0. The van der Waals surface area contributed by atoms with Crippen LogP contribution in [-0.4, -0.2) is 11.0 Å². The van der Waals surface area contributed by atoms with Gasteiger partial charge in [-0.15, -0.1) is 0 Å². The Morgan fingerprint density at radius 2 is 2.10 bits per heavy atom. The van der Waals surface area contributed by atoms with Crippen LogP contribution in [0.2, 0.25) is 5.02 Å². The van der Waals surface area contributed by atoms with Crippen molar-refractivity contribution < 1.29 is 9.90 Å². The fraction of sp³-hybridized carbons (Fsp3) is 0.133. The lowest BCUT2D eigenvalue weighted by Crippen LogP contribution is -2.19. The third-order valence-corrected chi connectivity index (χ3v) is 3.50. The molecule has 1 amide bonds. The Kier molecular flexibility index (Phi) is 3.34. The van der Waals surface area contributed by atoms with Crippen molar-refractivity contribution in [3.05, 3.63) is 58.6 Å². The largest absolute Gasteiger partial charge is 0.392 e. The van der Waals surface area contributed by atoms with Gasteiger partial charge in [0.05, 0.1) is 6.61 Å². The zero-order chi connectivity index (χ0) is 14.1. The number of hydrogen-bond donors (Lipinski definition) is 3. The van der Waals surface area contributed by atoms with Crippen LogP contribution in [0.4, 0.5) is 11.4 Å². The van der Waals surface area contributed by atoms with Crippen LogP contribution in [0.15, 0.2) is 42.5 Å². The first-order valence-electron chi connectivity index (χ1n) is 6.24. The quantitative estimate of drug-likeness (QED) is 0.814. The van der Waals surface area contributed by atoms with Crippen molar-refractivity contribution in [1.29, 1.82) is 0 Å². The van der Waals surface area contributed by atoms with E-state index in [9.17, 15) is 4.79 Å². The maximum Gasteiger partial charge on any atom is 0.251 e. The molecule has 3 rings (SSSR count). The second-order valence-electron chi connectivity index (χ2n) is 4.66. The Morgan fingerprint density at radius 1 is 1.25 bits per heavy atom. The fourth-order valence-corrected chi connectivity index (χ4v) is 2.48. The van der Waals surface area contributed by atoms with Crippen molar-refractivity contribution in [1.82, 2.24) is 0 Å². The molecular formula is C15H13ClN2O2. The van der Waals surface area contributed by atoms with Gasteiger partial charge in [0, 0.05) is 22.0 Å². The zero-order valence-electron chi connectivity index (χ0n) is 10.6. The molecule has 20 heavy (non-hydrogen) atoms. The molecule has 1 aliphatic rings. The van der Waals surface area contributed by atoms with Gasteiger partial charge in [0.15, 0.2) is 0 Å². The smallest absolute Gasteiger partial charge is 0.251 e. The second-order valence-corrected chi connectivity index (χ2v) is 5.09. The Bertz CT molecular complexity index is 673. The molecule has 1 atom stereocenters. The average Bonchev–Trinajstić information content (AvgIpc) is 2.75. The summed E-state index contributed by atoms with van der Waals surface area (Å²) in [6, 6.07) is 12.2. The molecule has 2 aromatic carbocycles. The predicted octanol–water partition coefficient (Wildman–Crippen LogP) is 2.94. The summed E-state index contributed by atoms with van der Waals surface area (Å²) in [5.41, 5.74) is 3.18. The standard InChI is InChI=1S/C15H13ClN2O2/c16-10-4-5-13-12(7-10)14(15(20)18-13)17-11-3-1-2-9(6-11)8-19/h1-7,14,17,19H,8H2,(H,18,20). The van der Waals surface area contributed by atoms with Crippen LogP contribution >= 0.6 is 11.6 Å². The van der Waals surface area contributed by atoms with Crippen LogP contribution in [0.3, 0.4) is 0 Å². The minimum atomic E-state index is -0.474. The molecular weight excluding hydrogens is 276 g/mol. The van der Waals surface area contributed by atoms with E-state index in [4.69, 9.17) is 16.7 Å². The van der Waals surface area contributed by atoms with Crippen LogP contribution in [0.1, 0.15) is 17.2 Å². The monoisotopic (exact) mass is 288 g/mol. The molecule has 5 heteroatoms. The van der Waals surface area contributed by atoms with Gasteiger partial charge in [-0.05, 0) is 35.9 Å². The molecule has 4 nitrogen and oxygen atoms in total. The lowest BCUT2D eigenvalue weighted by molar-refractivity contribution is -0.116. The van der Waals surface area contributed by atoms with Crippen LogP contribution < -0.4 is 10.6 Å². The van der Waals surface area contributed by atoms with Gasteiger partial charge in [-0.1, -0.05) is 23.7 Å². The summed E-state index contributed by atoms with van der Waals surface area (Å²) in [5.74, 6) is -0.114. The third kappa shape index (κ3) is 2.35. The Morgan fingerprint density at radius 3 is 2.90 bits per heavy atom. The SMILES string of the molecule is O=C1Nc2ccc(Cl)cc2C1Nc1cccc(CO)c1. The molecule has 1 heterocycles. The number of anilines is 2. The maximum atomic E-state index is 12.0. The molecule has 0 spiro atoms. The lowest BCUT2D eigenvalue weighted by Gasteiger charge is -2.14. The number of amides is 1. The number of aliphatic hydroxyl groups is 1. The summed E-state index contributed by atoms with van der Waals surface area (Å²) in [7, 11) is 0. The van der Waals surface area contributed by atoms with Crippen LogP contribution in [0.25, 0.3) is 0 Å². The van der Waals surface area contributed by atoms with Crippen molar-refractivity contribution in [2.24, 2.45) is 0 Å². The van der Waals surface area contributed by atoms with Crippen molar-refractivity contribution in [3.8, 4) is 0 Å². The van der Waals surface area contributed by atoms with Crippen molar-refractivity contribution >= 4 is 28.9 Å². The molecule has 0 aliphatic carbocycles. The number of benzene rings is 2. The molecule has 0 radical (unpaired) electrons. The van der Waals surface area contributed by atoms with Gasteiger partial charge in [0.1, 0.15) is 6.04 Å². The van der Waals surface area contributed by atoms with E-state index in [2.05, 4.69) is 10.6 Å². The van der Waals surface area contributed by atoms with Gasteiger partial charge in [-0.25, -0.2) is 0 Å². The Labute approximate surface area is 121 Å². The van der Waals surface area contributed by atoms with E-state index in [1.165, 1.54) is 0 Å². The number of halogens is 1. The highest BCUT2D eigenvalue weighted by molar-refractivity contribution is 6.31. The second kappa shape index (κ2) is 5.15. The fourth-order valence-electron chi connectivity index (χ4n) is 2.30. The minimum Gasteiger partial charge on any atom is -0.392 e. The topological polar surface area (TPSA) is 61.4 Å². The van der Waals surface area contributed by atoms with Crippen LogP contribution in [-0.2, 0) is 11.4 Å². The van der Waals surface area contributed by atoms with E-state index in [0.717, 1.165) is 22.5 Å². The van der Waals surface area contributed by atoms with E-state index in [1.807, 2.05) is 24.3 Å². The van der Waals surface area contributed by atoms with Crippen LogP contribution in [0.5, 0.6) is 0 Å². The summed E-state index contributed by atoms with van der Waals surface area (Å²) >= 11 is 5.99. The van der Waals surface area contributed by atoms with Gasteiger partial charge < -0.3 is 15.7 Å². The van der Waals surface area contributed by atoms with Gasteiger partial charge in [0.25, 0.3) is 5.91 Å². The summed E-state index contributed by atoms with van der Waals surface area (Å²) in [5, 5.41) is 15.7. The molecule has 1 unspecified atom stereocenters. The number of nitrogens with one attached hydrogen (secondary N) is 2. The zero-order valence-corrected chi connectivity index (χ0v) is 11.3. The summed E-state index contributed by atoms with van der Waals surface area (Å²) in [6.07, 6.45) is 0. The average molecular weight is 289 g/mol. The van der Waals surface area contributed by atoms with Gasteiger partial charge in [0.2, 0.25) is 0 Å². The molecule has 0 fully saturated rings. The normalized spacial score (nSPS) is 16.7. The number of fused-ring (bicyclic) bond motifs is 1. The molecule has 0 saturated heterocycles. The third-order valence-electron chi connectivity index (χ3n) is 3.27. The first kappa shape index (κ1) is 13.0. The van der Waals surface area contributed by atoms with Gasteiger partial charge in [-0.2, -0.15) is 0 Å².